The van der Waals surface area contributed by atoms with Crippen LogP contribution in [0.2, 0.25) is 0 Å². The molecule has 13 heteroatoms. The van der Waals surface area contributed by atoms with Crippen LogP contribution >= 0.6 is 0 Å². The summed E-state index contributed by atoms with van der Waals surface area (Å²) in [4.78, 5) is 25.8. The molecule has 1 amide bonds. The molecular formula is C20H13F3N6O4. The SMILES string of the molecule is O=C1COCC(c2nc(-c3ccncc3)no2)N1c1ccc(-c2noc(C(F)(F)F)n2)cc1. The average Bonchev–Trinajstić information content (AvgIpc) is 3.50. The van der Waals surface area contributed by atoms with Gasteiger partial charge in [-0.05, 0) is 36.4 Å². The smallest absolute Gasteiger partial charge is 0.369 e. The molecule has 1 aliphatic rings. The summed E-state index contributed by atoms with van der Waals surface area (Å²) < 4.78 is 53.1. The van der Waals surface area contributed by atoms with E-state index in [9.17, 15) is 18.0 Å². The van der Waals surface area contributed by atoms with Gasteiger partial charge in [0.1, 0.15) is 12.6 Å². The topological polar surface area (TPSA) is 120 Å². The van der Waals surface area contributed by atoms with E-state index in [2.05, 4.69) is 29.8 Å². The van der Waals surface area contributed by atoms with E-state index >= 15 is 0 Å². The molecule has 0 spiro atoms. The van der Waals surface area contributed by atoms with Crippen LogP contribution in [0.3, 0.4) is 0 Å². The minimum absolute atomic E-state index is 0.116. The average molecular weight is 458 g/mol. The van der Waals surface area contributed by atoms with Crippen LogP contribution in [0.1, 0.15) is 17.8 Å². The Bertz CT molecular complexity index is 1270. The number of anilines is 1. The molecule has 1 aliphatic heterocycles. The van der Waals surface area contributed by atoms with Gasteiger partial charge < -0.3 is 13.8 Å². The van der Waals surface area contributed by atoms with Crippen LogP contribution < -0.4 is 4.90 Å². The molecule has 5 rings (SSSR count). The number of rotatable bonds is 4. The standard InChI is InChI=1S/C20H13F3N6O4/c21-20(22,23)19-26-17(28-33-19)11-1-3-13(4-2-11)29-14(9-31-10-15(29)30)18-25-16(27-32-18)12-5-7-24-8-6-12/h1-8,14H,9-10H2. The summed E-state index contributed by atoms with van der Waals surface area (Å²) in [6.07, 6.45) is -1.56. The number of carbonyl (C=O) groups is 1. The highest BCUT2D eigenvalue weighted by atomic mass is 19.4. The molecule has 1 fully saturated rings. The molecular weight excluding hydrogens is 445 g/mol. The van der Waals surface area contributed by atoms with E-state index in [0.29, 0.717) is 17.1 Å². The lowest BCUT2D eigenvalue weighted by molar-refractivity contribution is -0.159. The van der Waals surface area contributed by atoms with Crippen molar-refractivity contribution >= 4 is 11.6 Å². The molecule has 10 nitrogen and oxygen atoms in total. The molecule has 1 saturated heterocycles. The number of hydrogen-bond acceptors (Lipinski definition) is 9. The van der Waals surface area contributed by atoms with Crippen molar-refractivity contribution in [3.8, 4) is 22.8 Å². The number of benzene rings is 1. The van der Waals surface area contributed by atoms with Gasteiger partial charge in [-0.1, -0.05) is 10.3 Å². The minimum atomic E-state index is -4.74. The van der Waals surface area contributed by atoms with Crippen LogP contribution in [0.4, 0.5) is 18.9 Å². The van der Waals surface area contributed by atoms with E-state index < -0.39 is 18.1 Å². The van der Waals surface area contributed by atoms with Crippen LogP contribution in [-0.2, 0) is 15.7 Å². The molecule has 0 aliphatic carbocycles. The van der Waals surface area contributed by atoms with Crippen LogP contribution in [-0.4, -0.2) is 44.4 Å². The van der Waals surface area contributed by atoms with Gasteiger partial charge in [0.2, 0.25) is 11.6 Å². The van der Waals surface area contributed by atoms with Gasteiger partial charge >= 0.3 is 12.1 Å². The van der Waals surface area contributed by atoms with E-state index in [1.807, 2.05) is 0 Å². The van der Waals surface area contributed by atoms with Crippen LogP contribution in [0, 0.1) is 0 Å². The zero-order chi connectivity index (χ0) is 23.0. The van der Waals surface area contributed by atoms with Gasteiger partial charge in [0.15, 0.2) is 0 Å². The van der Waals surface area contributed by atoms with Gasteiger partial charge in [-0.3, -0.25) is 14.7 Å². The molecule has 168 valence electrons. The molecule has 1 aromatic carbocycles. The monoisotopic (exact) mass is 458 g/mol. The van der Waals surface area contributed by atoms with E-state index in [1.165, 1.54) is 17.0 Å². The first kappa shape index (κ1) is 20.8. The third-order valence-corrected chi connectivity index (χ3v) is 4.82. The van der Waals surface area contributed by atoms with E-state index in [-0.39, 0.29) is 36.4 Å². The molecule has 4 aromatic rings. The molecule has 33 heavy (non-hydrogen) atoms. The van der Waals surface area contributed by atoms with Crippen molar-refractivity contribution in [2.75, 3.05) is 18.1 Å². The first-order chi connectivity index (χ1) is 15.9. The molecule has 3 aromatic heterocycles. The zero-order valence-corrected chi connectivity index (χ0v) is 16.6. The van der Waals surface area contributed by atoms with Gasteiger partial charge in [0.25, 0.3) is 11.8 Å². The van der Waals surface area contributed by atoms with Crippen LogP contribution in [0.25, 0.3) is 22.8 Å². The van der Waals surface area contributed by atoms with Crippen molar-refractivity contribution < 1.29 is 31.7 Å². The molecule has 4 heterocycles. The zero-order valence-electron chi connectivity index (χ0n) is 16.6. The summed E-state index contributed by atoms with van der Waals surface area (Å²) in [5.41, 5.74) is 1.44. The molecule has 0 bridgehead atoms. The van der Waals surface area contributed by atoms with Crippen LogP contribution in [0.15, 0.2) is 57.8 Å². The Hall–Kier alpha value is -4.13. The minimum Gasteiger partial charge on any atom is -0.369 e. The number of aromatic nitrogens is 5. The second kappa shape index (κ2) is 8.09. The maximum Gasteiger partial charge on any atom is 0.471 e. The van der Waals surface area contributed by atoms with Gasteiger partial charge in [-0.2, -0.15) is 23.1 Å². The lowest BCUT2D eigenvalue weighted by Gasteiger charge is -2.33. The van der Waals surface area contributed by atoms with Gasteiger partial charge in [-0.25, -0.2) is 0 Å². The molecule has 1 unspecified atom stereocenters. The molecule has 1 atom stereocenters. The number of alkyl halides is 3. The summed E-state index contributed by atoms with van der Waals surface area (Å²) >= 11 is 0. The number of hydrogen-bond donors (Lipinski definition) is 0. The van der Waals surface area contributed by atoms with E-state index in [1.54, 1.807) is 36.7 Å². The van der Waals surface area contributed by atoms with Crippen molar-refractivity contribution in [2.24, 2.45) is 0 Å². The van der Waals surface area contributed by atoms with Crippen molar-refractivity contribution in [3.05, 3.63) is 60.6 Å². The molecule has 0 radical (unpaired) electrons. The lowest BCUT2D eigenvalue weighted by atomic mass is 10.1. The fourth-order valence-corrected chi connectivity index (χ4v) is 3.30. The normalized spacial score (nSPS) is 16.9. The number of ether oxygens (including phenoxy) is 1. The predicted octanol–water partition coefficient (Wildman–Crippen LogP) is 3.30. The van der Waals surface area contributed by atoms with Crippen molar-refractivity contribution in [1.82, 2.24) is 25.3 Å². The van der Waals surface area contributed by atoms with Gasteiger partial charge in [0.05, 0.1) is 6.61 Å². The lowest BCUT2D eigenvalue weighted by Crippen LogP contribution is -2.44. The number of amides is 1. The maximum atomic E-state index is 12.7. The van der Waals surface area contributed by atoms with Crippen molar-refractivity contribution in [1.29, 1.82) is 0 Å². The Balaban J connectivity index is 1.42. The summed E-state index contributed by atoms with van der Waals surface area (Å²) in [6.45, 7) is -0.0331. The van der Waals surface area contributed by atoms with Gasteiger partial charge in [0, 0.05) is 29.2 Å². The number of carbonyl (C=O) groups excluding carboxylic acids is 1. The fraction of sp³-hybridized carbons (Fsp3) is 0.200. The Kier molecular flexibility index (Phi) is 5.09. The Morgan fingerprint density at radius 3 is 2.27 bits per heavy atom. The second-order valence-electron chi connectivity index (χ2n) is 6.95. The molecule has 0 N–H and O–H groups in total. The van der Waals surface area contributed by atoms with E-state index in [0.717, 1.165) is 0 Å². The largest absolute Gasteiger partial charge is 0.471 e. The summed E-state index contributed by atoms with van der Waals surface area (Å²) in [6, 6.07) is 8.81. The van der Waals surface area contributed by atoms with E-state index in [4.69, 9.17) is 9.26 Å². The molecule has 0 saturated carbocycles. The third-order valence-electron chi connectivity index (χ3n) is 4.82. The summed E-state index contributed by atoms with van der Waals surface area (Å²) in [5, 5.41) is 7.32. The number of pyridine rings is 1. The fourth-order valence-electron chi connectivity index (χ4n) is 3.30. The first-order valence-corrected chi connectivity index (χ1v) is 9.55. The second-order valence-corrected chi connectivity index (χ2v) is 6.95. The summed E-state index contributed by atoms with van der Waals surface area (Å²) in [7, 11) is 0. The Morgan fingerprint density at radius 2 is 1.58 bits per heavy atom. The number of halogens is 3. The number of nitrogens with zero attached hydrogens (tertiary/aromatic N) is 6. The Labute approximate surface area is 183 Å². The highest BCUT2D eigenvalue weighted by Gasteiger charge is 2.39. The van der Waals surface area contributed by atoms with Gasteiger partial charge in [-0.15, -0.1) is 0 Å². The predicted molar refractivity (Wildman–Crippen MR) is 103 cm³/mol. The Morgan fingerprint density at radius 1 is 0.909 bits per heavy atom. The van der Waals surface area contributed by atoms with Crippen molar-refractivity contribution in [2.45, 2.75) is 12.2 Å². The maximum absolute atomic E-state index is 12.7. The highest BCUT2D eigenvalue weighted by molar-refractivity contribution is 5.95. The first-order valence-electron chi connectivity index (χ1n) is 9.55. The van der Waals surface area contributed by atoms with Crippen molar-refractivity contribution in [3.63, 3.8) is 0 Å². The van der Waals surface area contributed by atoms with Crippen LogP contribution in [0.5, 0.6) is 0 Å². The quantitative estimate of drug-likeness (QED) is 0.453. The highest BCUT2D eigenvalue weighted by Crippen LogP contribution is 2.33. The number of morpholine rings is 1. The third kappa shape index (κ3) is 4.05. The summed E-state index contributed by atoms with van der Waals surface area (Å²) in [5.74, 6) is -1.50.